The van der Waals surface area contributed by atoms with Crippen LogP contribution in [0.3, 0.4) is 0 Å². The quantitative estimate of drug-likeness (QED) is 0.770. The molecule has 2 aliphatic rings. The molecule has 2 saturated carbocycles. The molecule has 2 bridgehead atoms. The van der Waals surface area contributed by atoms with Crippen LogP contribution in [0.2, 0.25) is 0 Å². The van der Waals surface area contributed by atoms with E-state index in [0.717, 1.165) is 31.2 Å². The zero-order valence-corrected chi connectivity index (χ0v) is 10.9. The van der Waals surface area contributed by atoms with Crippen LogP contribution in [0.4, 0.5) is 0 Å². The lowest BCUT2D eigenvalue weighted by molar-refractivity contribution is -0.133. The number of hydrogen-bond acceptors (Lipinski definition) is 2. The summed E-state index contributed by atoms with van der Waals surface area (Å²) in [6, 6.07) is 0. The van der Waals surface area contributed by atoms with Crippen molar-refractivity contribution in [3.8, 4) is 0 Å². The molecule has 3 heteroatoms. The highest BCUT2D eigenvalue weighted by molar-refractivity contribution is 5.76. The Morgan fingerprint density at radius 1 is 1.29 bits per heavy atom. The van der Waals surface area contributed by atoms with Gasteiger partial charge in [-0.05, 0) is 43.4 Å². The van der Waals surface area contributed by atoms with E-state index in [9.17, 15) is 4.79 Å². The summed E-state index contributed by atoms with van der Waals surface area (Å²) >= 11 is 0. The van der Waals surface area contributed by atoms with E-state index in [1.165, 1.54) is 25.7 Å². The minimum absolute atomic E-state index is 0.0858. The van der Waals surface area contributed by atoms with E-state index in [2.05, 4.69) is 6.92 Å². The van der Waals surface area contributed by atoms with Crippen LogP contribution in [0.1, 0.15) is 45.4 Å². The summed E-state index contributed by atoms with van der Waals surface area (Å²) in [5, 5.41) is 8.98. The fraction of sp³-hybridized carbons (Fsp3) is 0.929. The van der Waals surface area contributed by atoms with Crippen LogP contribution >= 0.6 is 0 Å². The van der Waals surface area contributed by atoms with Crippen molar-refractivity contribution in [3.05, 3.63) is 0 Å². The molecule has 2 fully saturated rings. The standard InChI is InChI=1S/C14H25NO2/c1-2-5-15(6-7-16)14(17)10-13-9-11-3-4-12(13)8-11/h11-13,16H,2-10H2,1H3. The Bertz CT molecular complexity index is 261. The van der Waals surface area contributed by atoms with Gasteiger partial charge in [0.05, 0.1) is 6.61 Å². The molecule has 2 rings (SSSR count). The number of nitrogens with zero attached hydrogens (tertiary/aromatic N) is 1. The second kappa shape index (κ2) is 5.85. The SMILES string of the molecule is CCCN(CCO)C(=O)CC1CC2CCC1C2. The Kier molecular flexibility index (Phi) is 4.43. The number of carbonyl (C=O) groups excluding carboxylic acids is 1. The first-order valence-electron chi connectivity index (χ1n) is 7.13. The summed E-state index contributed by atoms with van der Waals surface area (Å²) in [5.41, 5.74) is 0. The van der Waals surface area contributed by atoms with Gasteiger partial charge >= 0.3 is 0 Å². The summed E-state index contributed by atoms with van der Waals surface area (Å²) in [7, 11) is 0. The Morgan fingerprint density at radius 3 is 2.65 bits per heavy atom. The number of rotatable bonds is 6. The molecule has 98 valence electrons. The minimum atomic E-state index is 0.0858. The molecule has 0 spiro atoms. The van der Waals surface area contributed by atoms with Crippen molar-refractivity contribution < 1.29 is 9.90 Å². The summed E-state index contributed by atoms with van der Waals surface area (Å²) in [4.78, 5) is 14.0. The van der Waals surface area contributed by atoms with Gasteiger partial charge in [0.1, 0.15) is 0 Å². The highest BCUT2D eigenvalue weighted by Gasteiger charge is 2.40. The van der Waals surface area contributed by atoms with Crippen molar-refractivity contribution in [3.63, 3.8) is 0 Å². The van der Waals surface area contributed by atoms with Crippen molar-refractivity contribution in [2.75, 3.05) is 19.7 Å². The zero-order chi connectivity index (χ0) is 12.3. The third-order valence-electron chi connectivity index (χ3n) is 4.54. The number of hydrogen-bond donors (Lipinski definition) is 1. The second-order valence-electron chi connectivity index (χ2n) is 5.74. The number of fused-ring (bicyclic) bond motifs is 2. The van der Waals surface area contributed by atoms with Gasteiger partial charge in [-0.1, -0.05) is 13.3 Å². The lowest BCUT2D eigenvalue weighted by Gasteiger charge is -2.26. The van der Waals surface area contributed by atoms with Gasteiger partial charge in [0.25, 0.3) is 0 Å². The van der Waals surface area contributed by atoms with Crippen molar-refractivity contribution in [1.29, 1.82) is 0 Å². The average molecular weight is 239 g/mol. The molecule has 1 N–H and O–H groups in total. The first-order chi connectivity index (χ1) is 8.24. The Hall–Kier alpha value is -0.570. The number of amides is 1. The smallest absolute Gasteiger partial charge is 0.222 e. The lowest BCUT2D eigenvalue weighted by atomic mass is 9.86. The van der Waals surface area contributed by atoms with Gasteiger partial charge in [-0.3, -0.25) is 4.79 Å². The van der Waals surface area contributed by atoms with E-state index < -0.39 is 0 Å². The molecular formula is C14H25NO2. The molecule has 3 nitrogen and oxygen atoms in total. The molecule has 0 aliphatic heterocycles. The maximum Gasteiger partial charge on any atom is 0.222 e. The monoisotopic (exact) mass is 239 g/mol. The third-order valence-corrected chi connectivity index (χ3v) is 4.54. The van der Waals surface area contributed by atoms with Gasteiger partial charge < -0.3 is 10.0 Å². The fourth-order valence-electron chi connectivity index (χ4n) is 3.73. The van der Waals surface area contributed by atoms with Crippen LogP contribution < -0.4 is 0 Å². The van der Waals surface area contributed by atoms with Gasteiger partial charge in [0, 0.05) is 19.5 Å². The van der Waals surface area contributed by atoms with Crippen molar-refractivity contribution >= 4 is 5.91 Å². The summed E-state index contributed by atoms with van der Waals surface area (Å²) in [6.45, 7) is 3.46. The van der Waals surface area contributed by atoms with Crippen LogP contribution in [-0.2, 0) is 4.79 Å². The highest BCUT2D eigenvalue weighted by atomic mass is 16.3. The van der Waals surface area contributed by atoms with Gasteiger partial charge in [0.15, 0.2) is 0 Å². The fourth-order valence-corrected chi connectivity index (χ4v) is 3.73. The molecule has 0 saturated heterocycles. The van der Waals surface area contributed by atoms with Crippen LogP contribution in [0, 0.1) is 17.8 Å². The van der Waals surface area contributed by atoms with Crippen LogP contribution in [0.25, 0.3) is 0 Å². The molecule has 1 amide bonds. The van der Waals surface area contributed by atoms with Gasteiger partial charge in [-0.2, -0.15) is 0 Å². The van der Waals surface area contributed by atoms with Gasteiger partial charge in [0.2, 0.25) is 5.91 Å². The third kappa shape index (κ3) is 3.01. The Labute approximate surface area is 104 Å². The first kappa shape index (κ1) is 12.9. The van der Waals surface area contributed by atoms with Crippen molar-refractivity contribution in [1.82, 2.24) is 4.90 Å². The normalized spacial score (nSPS) is 30.8. The van der Waals surface area contributed by atoms with Gasteiger partial charge in [-0.25, -0.2) is 0 Å². The van der Waals surface area contributed by atoms with Gasteiger partial charge in [-0.15, -0.1) is 0 Å². The lowest BCUT2D eigenvalue weighted by Crippen LogP contribution is -2.35. The van der Waals surface area contributed by atoms with Crippen LogP contribution in [-0.4, -0.2) is 35.6 Å². The Balaban J connectivity index is 1.82. The van der Waals surface area contributed by atoms with Crippen molar-refractivity contribution in [2.24, 2.45) is 17.8 Å². The molecule has 0 aromatic carbocycles. The summed E-state index contributed by atoms with van der Waals surface area (Å²) in [6.07, 6.45) is 7.08. The second-order valence-corrected chi connectivity index (χ2v) is 5.74. The summed E-state index contributed by atoms with van der Waals surface area (Å²) < 4.78 is 0. The molecule has 2 aliphatic carbocycles. The topological polar surface area (TPSA) is 40.5 Å². The van der Waals surface area contributed by atoms with E-state index in [1.54, 1.807) is 0 Å². The largest absolute Gasteiger partial charge is 0.395 e. The molecule has 0 aromatic heterocycles. The zero-order valence-electron chi connectivity index (χ0n) is 10.9. The molecule has 3 unspecified atom stereocenters. The predicted molar refractivity (Wildman–Crippen MR) is 67.5 cm³/mol. The van der Waals surface area contributed by atoms with E-state index in [-0.39, 0.29) is 12.5 Å². The summed E-state index contributed by atoms with van der Waals surface area (Å²) in [5.74, 6) is 2.63. The molecular weight excluding hydrogens is 214 g/mol. The average Bonchev–Trinajstić information content (AvgIpc) is 2.90. The molecule has 0 heterocycles. The number of aliphatic hydroxyl groups excluding tert-OH is 1. The van der Waals surface area contributed by atoms with Crippen molar-refractivity contribution in [2.45, 2.75) is 45.4 Å². The number of carbonyl (C=O) groups is 1. The highest BCUT2D eigenvalue weighted by Crippen LogP contribution is 2.49. The van der Waals surface area contributed by atoms with Crippen LogP contribution in [0.5, 0.6) is 0 Å². The van der Waals surface area contributed by atoms with E-state index in [1.807, 2.05) is 4.90 Å². The number of aliphatic hydroxyl groups is 1. The molecule has 0 aromatic rings. The van der Waals surface area contributed by atoms with E-state index >= 15 is 0 Å². The molecule has 0 radical (unpaired) electrons. The predicted octanol–water partition coefficient (Wildman–Crippen LogP) is 2.04. The molecule has 17 heavy (non-hydrogen) atoms. The van der Waals surface area contributed by atoms with Crippen LogP contribution in [0.15, 0.2) is 0 Å². The Morgan fingerprint density at radius 2 is 2.12 bits per heavy atom. The maximum absolute atomic E-state index is 12.2. The maximum atomic E-state index is 12.2. The minimum Gasteiger partial charge on any atom is -0.395 e. The van der Waals surface area contributed by atoms with E-state index in [4.69, 9.17) is 5.11 Å². The van der Waals surface area contributed by atoms with E-state index in [0.29, 0.717) is 12.5 Å². The molecule has 3 atom stereocenters. The first-order valence-corrected chi connectivity index (χ1v) is 7.13.